The summed E-state index contributed by atoms with van der Waals surface area (Å²) in [6.07, 6.45) is 15.9. The van der Waals surface area contributed by atoms with Crippen LogP contribution in [0, 0.1) is 0 Å². The van der Waals surface area contributed by atoms with Crippen LogP contribution < -0.4 is 0 Å². The molecular formula is C26H42O6. The van der Waals surface area contributed by atoms with Crippen molar-refractivity contribution in [2.24, 2.45) is 0 Å². The van der Waals surface area contributed by atoms with E-state index in [-0.39, 0.29) is 24.3 Å². The lowest BCUT2D eigenvalue weighted by molar-refractivity contribution is 0.0140. The number of esters is 1. The lowest BCUT2D eigenvalue weighted by Gasteiger charge is -2.08. The summed E-state index contributed by atoms with van der Waals surface area (Å²) in [7, 11) is 0. The minimum atomic E-state index is -1.15. The molecule has 0 heterocycles. The molecule has 1 aromatic carbocycles. The van der Waals surface area contributed by atoms with E-state index in [1.54, 1.807) is 12.1 Å². The molecule has 1 aromatic rings. The van der Waals surface area contributed by atoms with Gasteiger partial charge in [0.05, 0.1) is 30.9 Å². The molecule has 6 nitrogen and oxygen atoms in total. The van der Waals surface area contributed by atoms with Crippen LogP contribution in [0.3, 0.4) is 0 Å². The van der Waals surface area contributed by atoms with Crippen molar-refractivity contribution in [3.8, 4) is 0 Å². The Morgan fingerprint density at radius 3 is 1.69 bits per heavy atom. The largest absolute Gasteiger partial charge is 0.478 e. The fourth-order valence-corrected chi connectivity index (χ4v) is 3.49. The van der Waals surface area contributed by atoms with Crippen LogP contribution in [-0.2, 0) is 14.2 Å². The number of carbonyl (C=O) groups excluding carboxylic acids is 1. The molecule has 0 saturated carbocycles. The molecule has 0 aliphatic heterocycles. The fourth-order valence-electron chi connectivity index (χ4n) is 3.49. The molecule has 0 spiro atoms. The first-order valence-electron chi connectivity index (χ1n) is 12.3. The van der Waals surface area contributed by atoms with E-state index in [1.165, 1.54) is 82.8 Å². The maximum atomic E-state index is 12.0. The Kier molecular flexibility index (Phi) is 17.3. The zero-order valence-electron chi connectivity index (χ0n) is 19.8. The van der Waals surface area contributed by atoms with Gasteiger partial charge < -0.3 is 19.3 Å². The minimum absolute atomic E-state index is 0.0470. The lowest BCUT2D eigenvalue weighted by atomic mass is 10.1. The first kappa shape index (κ1) is 28.1. The number of ether oxygens (including phenoxy) is 3. The second-order valence-corrected chi connectivity index (χ2v) is 8.10. The molecule has 0 radical (unpaired) electrons. The van der Waals surface area contributed by atoms with E-state index in [2.05, 4.69) is 6.92 Å². The van der Waals surface area contributed by atoms with Crippen molar-refractivity contribution in [3.05, 3.63) is 35.4 Å². The van der Waals surface area contributed by atoms with Gasteiger partial charge in [-0.3, -0.25) is 0 Å². The van der Waals surface area contributed by atoms with Crippen LogP contribution in [0.5, 0.6) is 0 Å². The van der Waals surface area contributed by atoms with Gasteiger partial charge in [-0.05, 0) is 18.6 Å². The summed E-state index contributed by atoms with van der Waals surface area (Å²) in [6, 6.07) is 5.99. The average molecular weight is 451 g/mol. The van der Waals surface area contributed by atoms with Gasteiger partial charge in [-0.2, -0.15) is 0 Å². The summed E-state index contributed by atoms with van der Waals surface area (Å²) in [5.74, 6) is -1.81. The Hall–Kier alpha value is -1.92. The van der Waals surface area contributed by atoms with E-state index in [0.717, 1.165) is 13.0 Å². The highest BCUT2D eigenvalue weighted by Crippen LogP contribution is 2.12. The summed E-state index contributed by atoms with van der Waals surface area (Å²) in [5, 5.41) is 9.10. The summed E-state index contributed by atoms with van der Waals surface area (Å²) in [5.41, 5.74) is -0.0182. The number of benzene rings is 1. The summed E-state index contributed by atoms with van der Waals surface area (Å²) in [4.78, 5) is 23.1. The van der Waals surface area contributed by atoms with Crippen molar-refractivity contribution in [3.63, 3.8) is 0 Å². The number of unbranched alkanes of at least 4 members (excludes halogenated alkanes) is 11. The maximum Gasteiger partial charge on any atom is 0.339 e. The molecule has 0 fully saturated rings. The molecule has 32 heavy (non-hydrogen) atoms. The molecule has 0 aromatic heterocycles. The molecule has 0 saturated heterocycles. The molecule has 0 unspecified atom stereocenters. The third kappa shape index (κ3) is 14.2. The molecule has 0 aliphatic carbocycles. The fraction of sp³-hybridized carbons (Fsp3) is 0.692. The average Bonchev–Trinajstić information content (AvgIpc) is 2.80. The quantitative estimate of drug-likeness (QED) is 0.175. The summed E-state index contributed by atoms with van der Waals surface area (Å²) in [6.45, 7) is 4.31. The smallest absolute Gasteiger partial charge is 0.339 e. The molecule has 1 rings (SSSR count). The number of carboxylic acid groups (broad SMARTS) is 1. The number of carbonyl (C=O) groups is 2. The van der Waals surface area contributed by atoms with Crippen LogP contribution in [0.1, 0.15) is 105 Å². The second kappa shape index (κ2) is 19.7. The Morgan fingerprint density at radius 2 is 1.12 bits per heavy atom. The molecule has 0 bridgehead atoms. The standard InChI is InChI=1S/C26H42O6/c1-2-3-4-5-6-7-8-9-10-11-12-15-18-30-19-20-31-21-22-32-26(29)24-17-14-13-16-23(24)25(27)28/h13-14,16-17H,2-12,15,18-22H2,1H3,(H,27,28). The SMILES string of the molecule is CCCCCCCCCCCCCCOCCOCCOC(=O)c1ccccc1C(=O)O. The Labute approximate surface area is 193 Å². The van der Waals surface area contributed by atoms with Gasteiger partial charge in [-0.25, -0.2) is 9.59 Å². The zero-order valence-corrected chi connectivity index (χ0v) is 19.8. The van der Waals surface area contributed by atoms with Gasteiger partial charge in [0.15, 0.2) is 0 Å². The Bertz CT molecular complexity index is 616. The second-order valence-electron chi connectivity index (χ2n) is 8.10. The van der Waals surface area contributed by atoms with E-state index in [1.807, 2.05) is 0 Å². The van der Waals surface area contributed by atoms with Crippen molar-refractivity contribution in [2.45, 2.75) is 84.0 Å². The van der Waals surface area contributed by atoms with Crippen molar-refractivity contribution >= 4 is 11.9 Å². The van der Waals surface area contributed by atoms with Crippen molar-refractivity contribution in [2.75, 3.05) is 33.0 Å². The molecule has 0 atom stereocenters. The monoisotopic (exact) mass is 450 g/mol. The van der Waals surface area contributed by atoms with E-state index in [9.17, 15) is 9.59 Å². The van der Waals surface area contributed by atoms with Crippen LogP contribution in [0.2, 0.25) is 0 Å². The number of carboxylic acids is 1. The van der Waals surface area contributed by atoms with E-state index >= 15 is 0 Å². The third-order valence-electron chi connectivity index (χ3n) is 5.35. The number of hydrogen-bond acceptors (Lipinski definition) is 5. The van der Waals surface area contributed by atoms with Gasteiger partial charge in [0.25, 0.3) is 0 Å². The van der Waals surface area contributed by atoms with Crippen molar-refractivity contribution in [1.82, 2.24) is 0 Å². The van der Waals surface area contributed by atoms with Gasteiger partial charge >= 0.3 is 11.9 Å². The highest BCUT2D eigenvalue weighted by atomic mass is 16.6. The first-order chi connectivity index (χ1) is 15.7. The van der Waals surface area contributed by atoms with Gasteiger partial charge in [0.1, 0.15) is 6.61 Å². The first-order valence-corrected chi connectivity index (χ1v) is 12.3. The number of hydrogen-bond donors (Lipinski definition) is 1. The van der Waals surface area contributed by atoms with Gasteiger partial charge in [0, 0.05) is 6.61 Å². The predicted molar refractivity (Wildman–Crippen MR) is 126 cm³/mol. The molecule has 0 aliphatic rings. The number of aromatic carboxylic acids is 1. The molecule has 0 amide bonds. The van der Waals surface area contributed by atoms with E-state index in [0.29, 0.717) is 13.2 Å². The van der Waals surface area contributed by atoms with Gasteiger partial charge in [0.2, 0.25) is 0 Å². The summed E-state index contributed by atoms with van der Waals surface area (Å²) < 4.78 is 16.0. The molecule has 1 N–H and O–H groups in total. The van der Waals surface area contributed by atoms with Crippen LogP contribution >= 0.6 is 0 Å². The third-order valence-corrected chi connectivity index (χ3v) is 5.35. The summed E-state index contributed by atoms with van der Waals surface area (Å²) >= 11 is 0. The lowest BCUT2D eigenvalue weighted by Crippen LogP contribution is -2.15. The predicted octanol–water partition coefficient (Wildman–Crippen LogP) is 6.28. The van der Waals surface area contributed by atoms with E-state index in [4.69, 9.17) is 19.3 Å². The van der Waals surface area contributed by atoms with Gasteiger partial charge in [-0.1, -0.05) is 89.7 Å². The highest BCUT2D eigenvalue weighted by Gasteiger charge is 2.16. The van der Waals surface area contributed by atoms with Gasteiger partial charge in [-0.15, -0.1) is 0 Å². The number of rotatable bonds is 21. The molecule has 6 heteroatoms. The van der Waals surface area contributed by atoms with Crippen LogP contribution in [0.25, 0.3) is 0 Å². The zero-order chi connectivity index (χ0) is 23.3. The van der Waals surface area contributed by atoms with Crippen LogP contribution in [-0.4, -0.2) is 50.1 Å². The molecular weight excluding hydrogens is 408 g/mol. The maximum absolute atomic E-state index is 12.0. The Morgan fingerprint density at radius 1 is 0.656 bits per heavy atom. The van der Waals surface area contributed by atoms with Crippen molar-refractivity contribution < 1.29 is 28.9 Å². The minimum Gasteiger partial charge on any atom is -0.478 e. The highest BCUT2D eigenvalue weighted by molar-refractivity contribution is 6.02. The topological polar surface area (TPSA) is 82.1 Å². The van der Waals surface area contributed by atoms with Crippen molar-refractivity contribution in [1.29, 1.82) is 0 Å². The van der Waals surface area contributed by atoms with Crippen LogP contribution in [0.15, 0.2) is 24.3 Å². The molecule has 182 valence electrons. The van der Waals surface area contributed by atoms with Crippen LogP contribution in [0.4, 0.5) is 0 Å². The Balaban J connectivity index is 1.85. The normalized spacial score (nSPS) is 10.9. The van der Waals surface area contributed by atoms with E-state index < -0.39 is 11.9 Å².